The molecule has 0 aromatic carbocycles. The minimum absolute atomic E-state index is 0.0951. The standard InChI is InChI=1S/C17H34N2O/c1-5-16(2,19(3)4)15(18)14-9-12-20-17(13-14)10-7-6-8-11-17/h14-15H,5-13,18H2,1-4H3. The maximum absolute atomic E-state index is 6.73. The molecule has 0 aromatic heterocycles. The summed E-state index contributed by atoms with van der Waals surface area (Å²) in [6.07, 6.45) is 9.96. The molecule has 0 bridgehead atoms. The van der Waals surface area contributed by atoms with E-state index in [0.717, 1.165) is 19.4 Å². The van der Waals surface area contributed by atoms with E-state index in [0.29, 0.717) is 5.92 Å². The first-order valence-electron chi connectivity index (χ1n) is 8.50. The molecule has 2 rings (SSSR count). The minimum atomic E-state index is 0.0951. The van der Waals surface area contributed by atoms with Crippen LogP contribution in [0.3, 0.4) is 0 Å². The third-order valence-electron chi connectivity index (χ3n) is 6.26. The normalized spacial score (nSPS) is 31.2. The average molecular weight is 282 g/mol. The van der Waals surface area contributed by atoms with Gasteiger partial charge in [0.1, 0.15) is 0 Å². The summed E-state index contributed by atoms with van der Waals surface area (Å²) in [5.74, 6) is 0.606. The Morgan fingerprint density at radius 1 is 1.30 bits per heavy atom. The maximum atomic E-state index is 6.73. The lowest BCUT2D eigenvalue weighted by Gasteiger charge is -2.50. The number of nitrogens with two attached hydrogens (primary N) is 1. The predicted molar refractivity (Wildman–Crippen MR) is 84.9 cm³/mol. The Balaban J connectivity index is 2.08. The molecule has 3 atom stereocenters. The molecule has 20 heavy (non-hydrogen) atoms. The fraction of sp³-hybridized carbons (Fsp3) is 1.00. The lowest BCUT2D eigenvalue weighted by atomic mass is 9.70. The largest absolute Gasteiger partial charge is 0.375 e. The number of hydrogen-bond donors (Lipinski definition) is 1. The second-order valence-corrected chi connectivity index (χ2v) is 7.48. The molecule has 3 unspecified atom stereocenters. The summed E-state index contributed by atoms with van der Waals surface area (Å²) < 4.78 is 6.22. The number of hydrogen-bond acceptors (Lipinski definition) is 3. The number of ether oxygens (including phenoxy) is 1. The Labute approximate surface area is 125 Å². The molecule has 2 N–H and O–H groups in total. The first-order valence-corrected chi connectivity index (χ1v) is 8.50. The van der Waals surface area contributed by atoms with Gasteiger partial charge in [-0.1, -0.05) is 26.2 Å². The molecule has 1 saturated heterocycles. The molecule has 3 heteroatoms. The van der Waals surface area contributed by atoms with Gasteiger partial charge in [-0.05, 0) is 59.0 Å². The van der Waals surface area contributed by atoms with Crippen LogP contribution in [0.2, 0.25) is 0 Å². The van der Waals surface area contributed by atoms with E-state index in [1.165, 1.54) is 38.5 Å². The van der Waals surface area contributed by atoms with Crippen LogP contribution in [0.5, 0.6) is 0 Å². The average Bonchev–Trinajstić information content (AvgIpc) is 2.46. The molecule has 1 heterocycles. The first kappa shape index (κ1) is 16.3. The molecule has 0 radical (unpaired) electrons. The van der Waals surface area contributed by atoms with E-state index in [2.05, 4.69) is 32.8 Å². The van der Waals surface area contributed by atoms with Crippen molar-refractivity contribution in [2.45, 2.75) is 82.4 Å². The zero-order valence-corrected chi connectivity index (χ0v) is 14.0. The molecule has 1 aliphatic heterocycles. The molecule has 0 amide bonds. The topological polar surface area (TPSA) is 38.5 Å². The van der Waals surface area contributed by atoms with E-state index in [9.17, 15) is 0 Å². The molecule has 1 saturated carbocycles. The van der Waals surface area contributed by atoms with Gasteiger partial charge in [-0.3, -0.25) is 0 Å². The lowest BCUT2D eigenvalue weighted by Crippen LogP contribution is -2.60. The van der Waals surface area contributed by atoms with Gasteiger partial charge in [0, 0.05) is 18.2 Å². The van der Waals surface area contributed by atoms with Gasteiger partial charge in [-0.15, -0.1) is 0 Å². The Morgan fingerprint density at radius 3 is 2.50 bits per heavy atom. The molecule has 1 spiro atoms. The van der Waals surface area contributed by atoms with Crippen LogP contribution < -0.4 is 5.73 Å². The van der Waals surface area contributed by atoms with Gasteiger partial charge in [0.05, 0.1) is 5.60 Å². The Kier molecular flexibility index (Phi) is 5.14. The Hall–Kier alpha value is -0.120. The summed E-state index contributed by atoms with van der Waals surface area (Å²) in [5.41, 5.74) is 6.99. The van der Waals surface area contributed by atoms with Crippen molar-refractivity contribution < 1.29 is 4.74 Å². The van der Waals surface area contributed by atoms with Gasteiger partial charge in [-0.25, -0.2) is 0 Å². The number of nitrogens with zero attached hydrogens (tertiary/aromatic N) is 1. The van der Waals surface area contributed by atoms with Crippen LogP contribution in [-0.4, -0.2) is 42.8 Å². The van der Waals surface area contributed by atoms with Crippen molar-refractivity contribution in [3.8, 4) is 0 Å². The van der Waals surface area contributed by atoms with Gasteiger partial charge in [0.15, 0.2) is 0 Å². The van der Waals surface area contributed by atoms with Crippen molar-refractivity contribution in [1.82, 2.24) is 4.90 Å². The SMILES string of the molecule is CCC(C)(C(N)C1CCOC2(CCCCC2)C1)N(C)C. The molecular weight excluding hydrogens is 248 g/mol. The second-order valence-electron chi connectivity index (χ2n) is 7.48. The fourth-order valence-corrected chi connectivity index (χ4v) is 4.27. The summed E-state index contributed by atoms with van der Waals surface area (Å²) in [5, 5.41) is 0. The van der Waals surface area contributed by atoms with Crippen LogP contribution in [0.4, 0.5) is 0 Å². The zero-order chi connectivity index (χ0) is 14.8. The van der Waals surface area contributed by atoms with Gasteiger partial charge in [-0.2, -0.15) is 0 Å². The van der Waals surface area contributed by atoms with Crippen LogP contribution in [0.15, 0.2) is 0 Å². The first-order chi connectivity index (χ1) is 9.43. The molecule has 0 aromatic rings. The van der Waals surface area contributed by atoms with Gasteiger partial charge in [0.2, 0.25) is 0 Å². The highest BCUT2D eigenvalue weighted by Crippen LogP contribution is 2.43. The third kappa shape index (κ3) is 3.05. The maximum Gasteiger partial charge on any atom is 0.0685 e. The highest BCUT2D eigenvalue weighted by molar-refractivity contribution is 5.00. The van der Waals surface area contributed by atoms with Crippen LogP contribution in [0.25, 0.3) is 0 Å². The molecule has 118 valence electrons. The Bertz CT molecular complexity index is 307. The van der Waals surface area contributed by atoms with E-state index in [1.807, 2.05) is 0 Å². The summed E-state index contributed by atoms with van der Waals surface area (Å²) >= 11 is 0. The van der Waals surface area contributed by atoms with Crippen molar-refractivity contribution >= 4 is 0 Å². The van der Waals surface area contributed by atoms with E-state index < -0.39 is 0 Å². The molecule has 2 aliphatic rings. The Morgan fingerprint density at radius 2 is 1.95 bits per heavy atom. The molecule has 3 nitrogen and oxygen atoms in total. The van der Waals surface area contributed by atoms with E-state index in [-0.39, 0.29) is 17.2 Å². The van der Waals surface area contributed by atoms with E-state index >= 15 is 0 Å². The van der Waals surface area contributed by atoms with Gasteiger partial charge < -0.3 is 15.4 Å². The van der Waals surface area contributed by atoms with Crippen LogP contribution >= 0.6 is 0 Å². The second kappa shape index (κ2) is 6.33. The van der Waals surface area contributed by atoms with Gasteiger partial charge >= 0.3 is 0 Å². The number of rotatable bonds is 4. The summed E-state index contributed by atoms with van der Waals surface area (Å²) in [6.45, 7) is 5.49. The van der Waals surface area contributed by atoms with Crippen molar-refractivity contribution in [2.75, 3.05) is 20.7 Å². The van der Waals surface area contributed by atoms with Crippen molar-refractivity contribution in [3.63, 3.8) is 0 Å². The summed E-state index contributed by atoms with van der Waals surface area (Å²) in [4.78, 5) is 2.32. The van der Waals surface area contributed by atoms with Crippen LogP contribution in [0.1, 0.15) is 65.2 Å². The van der Waals surface area contributed by atoms with E-state index in [1.54, 1.807) is 0 Å². The molecular formula is C17H34N2O. The third-order valence-corrected chi connectivity index (χ3v) is 6.26. The van der Waals surface area contributed by atoms with Crippen LogP contribution in [-0.2, 0) is 4.74 Å². The smallest absolute Gasteiger partial charge is 0.0685 e. The monoisotopic (exact) mass is 282 g/mol. The lowest BCUT2D eigenvalue weighted by molar-refractivity contribution is -0.126. The summed E-state index contributed by atoms with van der Waals surface area (Å²) in [6, 6.07) is 0.241. The number of likely N-dealkylation sites (N-methyl/N-ethyl adjacent to an activating group) is 1. The fourth-order valence-electron chi connectivity index (χ4n) is 4.27. The predicted octanol–water partition coefficient (Wildman–Crippen LogP) is 3.17. The van der Waals surface area contributed by atoms with Gasteiger partial charge in [0.25, 0.3) is 0 Å². The molecule has 2 fully saturated rings. The van der Waals surface area contributed by atoms with Crippen LogP contribution in [0, 0.1) is 5.92 Å². The zero-order valence-electron chi connectivity index (χ0n) is 14.0. The highest BCUT2D eigenvalue weighted by atomic mass is 16.5. The molecule has 1 aliphatic carbocycles. The summed E-state index contributed by atoms with van der Waals surface area (Å²) in [7, 11) is 4.33. The highest BCUT2D eigenvalue weighted by Gasteiger charge is 2.44. The van der Waals surface area contributed by atoms with Crippen molar-refractivity contribution in [1.29, 1.82) is 0 Å². The minimum Gasteiger partial charge on any atom is -0.375 e. The van der Waals surface area contributed by atoms with E-state index in [4.69, 9.17) is 10.5 Å². The quantitative estimate of drug-likeness (QED) is 0.860. The van der Waals surface area contributed by atoms with Crippen molar-refractivity contribution in [3.05, 3.63) is 0 Å². The van der Waals surface area contributed by atoms with Crippen molar-refractivity contribution in [2.24, 2.45) is 11.7 Å².